The predicted octanol–water partition coefficient (Wildman–Crippen LogP) is 1.76. The van der Waals surface area contributed by atoms with E-state index in [9.17, 15) is 0 Å². The first-order valence-corrected chi connectivity index (χ1v) is 7.70. The van der Waals surface area contributed by atoms with Crippen molar-refractivity contribution in [3.8, 4) is 0 Å². The summed E-state index contributed by atoms with van der Waals surface area (Å²) in [6.45, 7) is 10.1. The monoisotopic (exact) mass is 275 g/mol. The maximum absolute atomic E-state index is 6.06. The summed E-state index contributed by atoms with van der Waals surface area (Å²) >= 11 is 0. The van der Waals surface area contributed by atoms with Gasteiger partial charge in [0, 0.05) is 38.3 Å². The fourth-order valence-corrected chi connectivity index (χ4v) is 2.71. The van der Waals surface area contributed by atoms with Crippen LogP contribution in [-0.4, -0.2) is 55.1 Å². The molecule has 0 unspecified atom stereocenters. The summed E-state index contributed by atoms with van der Waals surface area (Å²) in [6.07, 6.45) is 2.09. The standard InChI is InChI=1S/C17H29N3/c1-17(2,18)14-16-6-4-15(5-7-16)8-9-20-12-10-19(3)11-13-20/h4-7H,8-14,18H2,1-3H3. The van der Waals surface area contributed by atoms with Crippen LogP contribution in [-0.2, 0) is 12.8 Å². The second-order valence-electron chi connectivity index (χ2n) is 6.88. The molecule has 1 saturated heterocycles. The van der Waals surface area contributed by atoms with Gasteiger partial charge >= 0.3 is 0 Å². The third-order valence-electron chi connectivity index (χ3n) is 4.00. The number of rotatable bonds is 5. The average Bonchev–Trinajstić information content (AvgIpc) is 2.38. The van der Waals surface area contributed by atoms with E-state index < -0.39 is 0 Å². The van der Waals surface area contributed by atoms with Crippen LogP contribution in [0.3, 0.4) is 0 Å². The number of hydrogen-bond donors (Lipinski definition) is 1. The molecule has 1 fully saturated rings. The Kier molecular flexibility index (Phi) is 5.19. The first-order valence-electron chi connectivity index (χ1n) is 7.70. The molecule has 2 N–H and O–H groups in total. The zero-order valence-electron chi connectivity index (χ0n) is 13.2. The maximum atomic E-state index is 6.06. The summed E-state index contributed by atoms with van der Waals surface area (Å²) in [5, 5.41) is 0. The van der Waals surface area contributed by atoms with Crippen molar-refractivity contribution in [2.75, 3.05) is 39.8 Å². The summed E-state index contributed by atoms with van der Waals surface area (Å²) in [5.74, 6) is 0. The lowest BCUT2D eigenvalue weighted by atomic mass is 9.95. The Morgan fingerprint density at radius 2 is 1.55 bits per heavy atom. The lowest BCUT2D eigenvalue weighted by Crippen LogP contribution is -2.45. The summed E-state index contributed by atoms with van der Waals surface area (Å²) < 4.78 is 0. The molecule has 3 heteroatoms. The van der Waals surface area contributed by atoms with Gasteiger partial charge in [-0.05, 0) is 44.9 Å². The van der Waals surface area contributed by atoms with Crippen molar-refractivity contribution in [1.82, 2.24) is 9.80 Å². The normalized spacial score (nSPS) is 18.4. The summed E-state index contributed by atoms with van der Waals surface area (Å²) in [5.41, 5.74) is 8.71. The number of nitrogens with two attached hydrogens (primary N) is 1. The van der Waals surface area contributed by atoms with Crippen LogP contribution in [0.15, 0.2) is 24.3 Å². The summed E-state index contributed by atoms with van der Waals surface area (Å²) in [7, 11) is 2.20. The van der Waals surface area contributed by atoms with Gasteiger partial charge in [0.2, 0.25) is 0 Å². The van der Waals surface area contributed by atoms with E-state index in [0.717, 1.165) is 12.8 Å². The van der Waals surface area contributed by atoms with E-state index in [2.05, 4.69) is 55.0 Å². The van der Waals surface area contributed by atoms with Crippen molar-refractivity contribution in [3.63, 3.8) is 0 Å². The zero-order chi connectivity index (χ0) is 14.6. The minimum atomic E-state index is -0.124. The fraction of sp³-hybridized carbons (Fsp3) is 0.647. The maximum Gasteiger partial charge on any atom is 0.0138 e. The van der Waals surface area contributed by atoms with Gasteiger partial charge in [0.1, 0.15) is 0 Å². The molecule has 0 aliphatic carbocycles. The number of nitrogens with zero attached hydrogens (tertiary/aromatic N) is 2. The zero-order valence-corrected chi connectivity index (χ0v) is 13.2. The van der Waals surface area contributed by atoms with Crippen LogP contribution in [0.5, 0.6) is 0 Å². The van der Waals surface area contributed by atoms with Gasteiger partial charge in [0.15, 0.2) is 0 Å². The Bertz CT molecular complexity index is 397. The van der Waals surface area contributed by atoms with Crippen LogP contribution < -0.4 is 5.73 Å². The highest BCUT2D eigenvalue weighted by atomic mass is 15.2. The van der Waals surface area contributed by atoms with Gasteiger partial charge in [0.05, 0.1) is 0 Å². The van der Waals surface area contributed by atoms with Gasteiger partial charge in [-0.3, -0.25) is 0 Å². The quantitative estimate of drug-likeness (QED) is 0.889. The van der Waals surface area contributed by atoms with Crippen molar-refractivity contribution < 1.29 is 0 Å². The van der Waals surface area contributed by atoms with Gasteiger partial charge in [-0.15, -0.1) is 0 Å². The van der Waals surface area contributed by atoms with E-state index in [1.165, 1.54) is 43.9 Å². The van der Waals surface area contributed by atoms with Crippen molar-refractivity contribution in [2.45, 2.75) is 32.2 Å². The van der Waals surface area contributed by atoms with E-state index >= 15 is 0 Å². The Hall–Kier alpha value is -0.900. The van der Waals surface area contributed by atoms with Crippen molar-refractivity contribution in [1.29, 1.82) is 0 Å². The van der Waals surface area contributed by atoms with Gasteiger partial charge in [-0.2, -0.15) is 0 Å². The van der Waals surface area contributed by atoms with Crippen molar-refractivity contribution in [2.24, 2.45) is 5.73 Å². The van der Waals surface area contributed by atoms with E-state index in [4.69, 9.17) is 5.73 Å². The highest BCUT2D eigenvalue weighted by Gasteiger charge is 2.14. The molecule has 3 nitrogen and oxygen atoms in total. The topological polar surface area (TPSA) is 32.5 Å². The number of likely N-dealkylation sites (N-methyl/N-ethyl adjacent to an activating group) is 1. The molecule has 1 aliphatic rings. The first-order chi connectivity index (χ1) is 9.42. The Labute approximate surface area is 123 Å². The molecule has 2 rings (SSSR count). The molecule has 0 spiro atoms. The molecule has 1 aromatic carbocycles. The van der Waals surface area contributed by atoms with Gasteiger partial charge in [-0.1, -0.05) is 24.3 Å². The second kappa shape index (κ2) is 6.70. The first kappa shape index (κ1) is 15.5. The average molecular weight is 275 g/mol. The molecule has 1 aromatic rings. The minimum absolute atomic E-state index is 0.124. The molecule has 112 valence electrons. The molecule has 1 aliphatic heterocycles. The van der Waals surface area contributed by atoms with Gasteiger partial charge in [0.25, 0.3) is 0 Å². The molecule has 0 saturated carbocycles. The largest absolute Gasteiger partial charge is 0.325 e. The number of hydrogen-bond acceptors (Lipinski definition) is 3. The lowest BCUT2D eigenvalue weighted by Gasteiger charge is -2.32. The van der Waals surface area contributed by atoms with Crippen LogP contribution in [0.25, 0.3) is 0 Å². The lowest BCUT2D eigenvalue weighted by molar-refractivity contribution is 0.155. The third-order valence-corrected chi connectivity index (χ3v) is 4.00. The minimum Gasteiger partial charge on any atom is -0.325 e. The van der Waals surface area contributed by atoms with Crippen LogP contribution in [0.2, 0.25) is 0 Å². The van der Waals surface area contributed by atoms with Crippen LogP contribution in [0, 0.1) is 0 Å². The number of piperazine rings is 1. The summed E-state index contributed by atoms with van der Waals surface area (Å²) in [4.78, 5) is 4.97. The second-order valence-corrected chi connectivity index (χ2v) is 6.88. The molecule has 0 aromatic heterocycles. The number of benzene rings is 1. The SMILES string of the molecule is CN1CCN(CCc2ccc(CC(C)(C)N)cc2)CC1. The predicted molar refractivity (Wildman–Crippen MR) is 86.1 cm³/mol. The molecular formula is C17H29N3. The van der Waals surface area contributed by atoms with Crippen molar-refractivity contribution >= 4 is 0 Å². The molecule has 0 atom stereocenters. The molecule has 0 bridgehead atoms. The van der Waals surface area contributed by atoms with Crippen LogP contribution in [0.4, 0.5) is 0 Å². The van der Waals surface area contributed by atoms with Gasteiger partial charge in [-0.25, -0.2) is 0 Å². The smallest absolute Gasteiger partial charge is 0.0138 e. The molecule has 1 heterocycles. The highest BCUT2D eigenvalue weighted by molar-refractivity contribution is 5.24. The molecular weight excluding hydrogens is 246 g/mol. The van der Waals surface area contributed by atoms with E-state index in [0.29, 0.717) is 0 Å². The van der Waals surface area contributed by atoms with Crippen LogP contribution >= 0.6 is 0 Å². The van der Waals surface area contributed by atoms with E-state index in [1.807, 2.05) is 0 Å². The van der Waals surface area contributed by atoms with E-state index in [1.54, 1.807) is 0 Å². The van der Waals surface area contributed by atoms with Gasteiger partial charge < -0.3 is 15.5 Å². The fourth-order valence-electron chi connectivity index (χ4n) is 2.71. The van der Waals surface area contributed by atoms with Crippen LogP contribution in [0.1, 0.15) is 25.0 Å². The van der Waals surface area contributed by atoms with Crippen molar-refractivity contribution in [3.05, 3.63) is 35.4 Å². The Morgan fingerprint density at radius 1 is 1.00 bits per heavy atom. The molecule has 0 amide bonds. The summed E-state index contributed by atoms with van der Waals surface area (Å²) in [6, 6.07) is 8.98. The third kappa shape index (κ3) is 5.23. The van der Waals surface area contributed by atoms with E-state index in [-0.39, 0.29) is 5.54 Å². The molecule has 0 radical (unpaired) electrons. The Morgan fingerprint density at radius 3 is 2.10 bits per heavy atom. The highest BCUT2D eigenvalue weighted by Crippen LogP contribution is 2.12. The Balaban J connectivity index is 1.79. The molecule has 20 heavy (non-hydrogen) atoms.